The molecule has 2 aromatic heterocycles. The van der Waals surface area contributed by atoms with Crippen LogP contribution in [0.15, 0.2) is 65.8 Å². The average Bonchev–Trinajstić information content (AvgIpc) is 3.27. The second-order valence-electron chi connectivity index (χ2n) is 9.60. The highest BCUT2D eigenvalue weighted by Crippen LogP contribution is 2.41. The summed E-state index contributed by atoms with van der Waals surface area (Å²) in [5.74, 6) is 0.0736. The van der Waals surface area contributed by atoms with Crippen molar-refractivity contribution in [1.29, 1.82) is 0 Å². The lowest BCUT2D eigenvalue weighted by molar-refractivity contribution is 0.0574. The molecule has 1 saturated heterocycles. The molecule has 1 fully saturated rings. The van der Waals surface area contributed by atoms with Crippen LogP contribution >= 0.6 is 11.6 Å². The van der Waals surface area contributed by atoms with Gasteiger partial charge in [-0.3, -0.25) is 9.47 Å². The Morgan fingerprint density at radius 2 is 1.72 bits per heavy atom. The molecule has 1 atom stereocenters. The van der Waals surface area contributed by atoms with Crippen LogP contribution in [0.3, 0.4) is 0 Å². The van der Waals surface area contributed by atoms with Crippen molar-refractivity contribution in [1.82, 2.24) is 19.0 Å². The number of β-amino-alcohol motifs (C(OH)–C–C–N with tert-alkyl or cyclic N) is 1. The zero-order valence-corrected chi connectivity index (χ0v) is 22.1. The van der Waals surface area contributed by atoms with Gasteiger partial charge >= 0.3 is 5.69 Å². The van der Waals surface area contributed by atoms with Gasteiger partial charge in [-0.25, -0.2) is 14.2 Å². The topological polar surface area (TPSA) is 107 Å². The number of rotatable bonds is 7. The Hall–Kier alpha value is -3.70. The summed E-state index contributed by atoms with van der Waals surface area (Å²) in [5, 5.41) is 30.3. The van der Waals surface area contributed by atoms with E-state index in [9.17, 15) is 19.4 Å². The first-order valence-corrected chi connectivity index (χ1v) is 12.9. The Morgan fingerprint density at radius 1 is 1.03 bits per heavy atom. The minimum atomic E-state index is -0.768. The molecular formula is C28H29ClFN5O4. The summed E-state index contributed by atoms with van der Waals surface area (Å²) in [5.41, 5.74) is 1.92. The number of hydrogen-bond acceptors (Lipinski definition) is 7. The molecule has 0 aliphatic carbocycles. The lowest BCUT2D eigenvalue weighted by Crippen LogP contribution is -2.49. The highest BCUT2D eigenvalue weighted by atomic mass is 35.5. The van der Waals surface area contributed by atoms with Gasteiger partial charge in [0.2, 0.25) is 0 Å². The third-order valence-corrected chi connectivity index (χ3v) is 7.28. The Morgan fingerprint density at radius 3 is 2.33 bits per heavy atom. The fraction of sp³-hybridized carbons (Fsp3) is 0.286. The molecule has 1 aliphatic rings. The number of nitrogens with zero attached hydrogens (tertiary/aromatic N) is 5. The van der Waals surface area contributed by atoms with E-state index in [2.05, 4.69) is 14.8 Å². The highest BCUT2D eigenvalue weighted by molar-refractivity contribution is 6.32. The number of aliphatic hydroxyl groups is 2. The van der Waals surface area contributed by atoms with Crippen molar-refractivity contribution < 1.29 is 19.7 Å². The predicted molar refractivity (Wildman–Crippen MR) is 148 cm³/mol. The smallest absolute Gasteiger partial charge is 0.332 e. The summed E-state index contributed by atoms with van der Waals surface area (Å²) < 4.78 is 17.7. The number of benzene rings is 2. The number of anilines is 1. The zero-order chi connectivity index (χ0) is 27.7. The van der Waals surface area contributed by atoms with Crippen molar-refractivity contribution in [2.24, 2.45) is 7.05 Å². The van der Waals surface area contributed by atoms with Crippen LogP contribution in [0.1, 0.15) is 0 Å². The Labute approximate surface area is 229 Å². The first-order chi connectivity index (χ1) is 18.7. The van der Waals surface area contributed by atoms with Crippen LogP contribution in [0.2, 0.25) is 5.02 Å². The van der Waals surface area contributed by atoms with E-state index in [4.69, 9.17) is 16.7 Å². The van der Waals surface area contributed by atoms with E-state index in [0.717, 1.165) is 0 Å². The van der Waals surface area contributed by atoms with Crippen molar-refractivity contribution in [2.75, 3.05) is 44.2 Å². The van der Waals surface area contributed by atoms with E-state index < -0.39 is 11.9 Å². The Kier molecular flexibility index (Phi) is 7.72. The Bertz CT molecular complexity index is 1550. The van der Waals surface area contributed by atoms with Crippen molar-refractivity contribution in [3.8, 4) is 33.7 Å². The average molecular weight is 554 g/mol. The van der Waals surface area contributed by atoms with Gasteiger partial charge in [0.05, 0.1) is 23.4 Å². The van der Waals surface area contributed by atoms with E-state index in [0.29, 0.717) is 60.9 Å². The zero-order valence-electron chi connectivity index (χ0n) is 21.3. The van der Waals surface area contributed by atoms with E-state index in [1.54, 1.807) is 49.9 Å². The summed E-state index contributed by atoms with van der Waals surface area (Å²) in [7, 11) is 1.64. The van der Waals surface area contributed by atoms with Crippen molar-refractivity contribution in [2.45, 2.75) is 6.10 Å². The standard InChI is InChI=1S/C28H29ClFN5O4/c1-32-6-11-35(28(32)39)25-3-2-18(12-24(25)29)22-14-20(30)15-23(27(22)38)19-4-5-31-26(13-19)34-9-7-33(8-10-34)16-21(37)17-36/h2-6,11-15,21,36-38H,7-10,16-17H2,1H3/t21-/m0/s1. The van der Waals surface area contributed by atoms with Crippen molar-refractivity contribution in [3.63, 3.8) is 0 Å². The van der Waals surface area contributed by atoms with Gasteiger partial charge in [-0.1, -0.05) is 17.7 Å². The molecule has 5 rings (SSSR count). The first kappa shape index (κ1) is 26.9. The van der Waals surface area contributed by atoms with Crippen LogP contribution < -0.4 is 10.6 Å². The third kappa shape index (κ3) is 5.55. The van der Waals surface area contributed by atoms with Gasteiger partial charge in [0, 0.05) is 69.5 Å². The summed E-state index contributed by atoms with van der Waals surface area (Å²) in [6.45, 7) is 2.88. The van der Waals surface area contributed by atoms with E-state index >= 15 is 0 Å². The van der Waals surface area contributed by atoms with Crippen LogP contribution in [0.4, 0.5) is 10.2 Å². The number of halogens is 2. The van der Waals surface area contributed by atoms with Gasteiger partial charge < -0.3 is 24.8 Å². The van der Waals surface area contributed by atoms with Gasteiger partial charge in [0.25, 0.3) is 0 Å². The molecule has 0 amide bonds. The molecule has 11 heteroatoms. The number of aromatic nitrogens is 3. The largest absolute Gasteiger partial charge is 0.507 e. The van der Waals surface area contributed by atoms with Gasteiger partial charge in [-0.15, -0.1) is 0 Å². The summed E-state index contributed by atoms with van der Waals surface area (Å²) in [6.07, 6.45) is 4.10. The number of pyridine rings is 1. The summed E-state index contributed by atoms with van der Waals surface area (Å²) >= 11 is 6.51. The van der Waals surface area contributed by atoms with Crippen LogP contribution in [0.25, 0.3) is 27.9 Å². The maximum atomic E-state index is 14.8. The number of phenolic OH excluding ortho intramolecular Hbond substituents is 1. The SMILES string of the molecule is Cn1ccn(-c2ccc(-c3cc(F)cc(-c4ccnc(N5CCN(C[C@H](O)CO)CC5)c4)c3O)cc2Cl)c1=O. The van der Waals surface area contributed by atoms with Crippen molar-refractivity contribution >= 4 is 17.4 Å². The quantitative estimate of drug-likeness (QED) is 0.323. The maximum Gasteiger partial charge on any atom is 0.332 e. The molecular weight excluding hydrogens is 525 g/mol. The second kappa shape index (κ2) is 11.2. The molecule has 2 aromatic carbocycles. The maximum absolute atomic E-state index is 14.8. The molecule has 4 aromatic rings. The van der Waals surface area contributed by atoms with Gasteiger partial charge in [-0.05, 0) is 47.5 Å². The van der Waals surface area contributed by atoms with E-state index in [-0.39, 0.29) is 28.6 Å². The molecule has 39 heavy (non-hydrogen) atoms. The Balaban J connectivity index is 1.43. The molecule has 204 valence electrons. The number of aliphatic hydroxyl groups excluding tert-OH is 2. The molecule has 9 nitrogen and oxygen atoms in total. The minimum absolute atomic E-state index is 0.0999. The lowest BCUT2D eigenvalue weighted by atomic mass is 9.97. The number of hydrogen-bond donors (Lipinski definition) is 3. The van der Waals surface area contributed by atoms with Crippen molar-refractivity contribution in [3.05, 3.63) is 82.4 Å². The van der Waals surface area contributed by atoms with Gasteiger partial charge in [0.1, 0.15) is 17.4 Å². The molecule has 0 spiro atoms. The molecule has 3 heterocycles. The lowest BCUT2D eigenvalue weighted by Gasteiger charge is -2.36. The highest BCUT2D eigenvalue weighted by Gasteiger charge is 2.21. The summed E-state index contributed by atoms with van der Waals surface area (Å²) in [6, 6.07) is 11.0. The van der Waals surface area contributed by atoms with E-state index in [1.807, 2.05) is 6.07 Å². The van der Waals surface area contributed by atoms with Crippen LogP contribution in [0, 0.1) is 5.82 Å². The van der Waals surface area contributed by atoms with Gasteiger partial charge in [0.15, 0.2) is 0 Å². The number of piperazine rings is 1. The monoisotopic (exact) mass is 553 g/mol. The number of phenols is 1. The molecule has 0 bridgehead atoms. The molecule has 0 radical (unpaired) electrons. The number of imidazole rings is 1. The minimum Gasteiger partial charge on any atom is -0.507 e. The molecule has 0 saturated carbocycles. The number of aromatic hydroxyl groups is 1. The molecule has 3 N–H and O–H groups in total. The predicted octanol–water partition coefficient (Wildman–Crippen LogP) is 2.88. The second-order valence-corrected chi connectivity index (χ2v) is 10.0. The summed E-state index contributed by atoms with van der Waals surface area (Å²) in [4.78, 5) is 21.0. The van der Waals surface area contributed by atoms with Crippen LogP contribution in [0.5, 0.6) is 5.75 Å². The normalized spacial score (nSPS) is 15.1. The fourth-order valence-electron chi connectivity index (χ4n) is 4.83. The van der Waals surface area contributed by atoms with Crippen LogP contribution in [-0.2, 0) is 7.05 Å². The van der Waals surface area contributed by atoms with Gasteiger partial charge in [-0.2, -0.15) is 0 Å². The molecule has 0 unspecified atom stereocenters. The number of aryl methyl sites for hydroxylation is 1. The molecule has 1 aliphatic heterocycles. The van der Waals surface area contributed by atoms with E-state index in [1.165, 1.54) is 21.3 Å². The first-order valence-electron chi connectivity index (χ1n) is 12.5. The third-order valence-electron chi connectivity index (χ3n) is 6.97. The van der Waals surface area contributed by atoms with Crippen LogP contribution in [-0.4, -0.2) is 79.8 Å². The fourth-order valence-corrected chi connectivity index (χ4v) is 5.10.